The lowest BCUT2D eigenvalue weighted by Crippen LogP contribution is -2.38. The van der Waals surface area contributed by atoms with Crippen LogP contribution in [-0.2, 0) is 11.2 Å². The molecule has 2 aromatic carbocycles. The van der Waals surface area contributed by atoms with E-state index < -0.39 is 0 Å². The van der Waals surface area contributed by atoms with Gasteiger partial charge in [-0.05, 0) is 43.9 Å². The summed E-state index contributed by atoms with van der Waals surface area (Å²) in [5, 5.41) is 5.90. The smallest absolute Gasteiger partial charge is 0.230 e. The molecule has 1 unspecified atom stereocenters. The zero-order chi connectivity index (χ0) is 26.5. The van der Waals surface area contributed by atoms with Crippen LogP contribution in [0.3, 0.4) is 0 Å². The molecule has 5 rings (SSSR count). The van der Waals surface area contributed by atoms with Crippen LogP contribution >= 0.6 is 0 Å². The van der Waals surface area contributed by atoms with Gasteiger partial charge in [0, 0.05) is 32.6 Å². The van der Waals surface area contributed by atoms with Crippen LogP contribution in [0.4, 0.5) is 5.82 Å². The number of aromatic nitrogens is 4. The molecule has 0 saturated carbocycles. The molecule has 0 bridgehead atoms. The highest BCUT2D eigenvalue weighted by Crippen LogP contribution is 2.30. The Morgan fingerprint density at radius 2 is 1.66 bits per heavy atom. The molecule has 3 heterocycles. The zero-order valence-corrected chi connectivity index (χ0v) is 22.8. The third-order valence-electron chi connectivity index (χ3n) is 7.50. The van der Waals surface area contributed by atoms with Crippen molar-refractivity contribution < 1.29 is 4.79 Å². The molecule has 198 valence electrons. The number of amides is 1. The van der Waals surface area contributed by atoms with Gasteiger partial charge in [-0.15, -0.1) is 0 Å². The molecule has 7 nitrogen and oxygen atoms in total. The van der Waals surface area contributed by atoms with E-state index in [0.29, 0.717) is 6.54 Å². The Morgan fingerprint density at radius 1 is 0.921 bits per heavy atom. The van der Waals surface area contributed by atoms with E-state index in [1.54, 1.807) is 0 Å². The quantitative estimate of drug-likeness (QED) is 0.304. The second-order valence-corrected chi connectivity index (χ2v) is 10.1. The Morgan fingerprint density at radius 3 is 2.37 bits per heavy atom. The monoisotopic (exact) mass is 510 g/mol. The van der Waals surface area contributed by atoms with Crippen molar-refractivity contribution in [2.45, 2.75) is 58.8 Å². The first-order valence-corrected chi connectivity index (χ1v) is 14.0. The molecule has 0 aliphatic carbocycles. The van der Waals surface area contributed by atoms with Gasteiger partial charge in [0.2, 0.25) is 5.91 Å². The molecule has 1 saturated heterocycles. The summed E-state index contributed by atoms with van der Waals surface area (Å²) >= 11 is 0. The average molecular weight is 511 g/mol. The van der Waals surface area contributed by atoms with E-state index >= 15 is 0 Å². The molecule has 0 radical (unpaired) electrons. The number of nitrogens with zero attached hydrogens (tertiary/aromatic N) is 6. The number of para-hydroxylation sites is 1. The highest BCUT2D eigenvalue weighted by Gasteiger charge is 2.28. The number of carbonyl (C=O) groups is 1. The Balaban J connectivity index is 1.46. The van der Waals surface area contributed by atoms with Crippen molar-refractivity contribution >= 4 is 22.8 Å². The number of rotatable bonds is 8. The fourth-order valence-electron chi connectivity index (χ4n) is 5.44. The molecule has 7 heteroatoms. The summed E-state index contributed by atoms with van der Waals surface area (Å²) < 4.78 is 1.95. The van der Waals surface area contributed by atoms with E-state index in [1.807, 2.05) is 48.0 Å². The van der Waals surface area contributed by atoms with E-state index in [-0.39, 0.29) is 11.8 Å². The summed E-state index contributed by atoms with van der Waals surface area (Å²) in [7, 11) is 0. The number of aryl methyl sites for hydroxylation is 2. The van der Waals surface area contributed by atoms with Crippen LogP contribution in [0.25, 0.3) is 16.7 Å². The van der Waals surface area contributed by atoms with E-state index in [4.69, 9.17) is 15.1 Å². The number of unbranched alkanes of at least 4 members (excludes halogenated alkanes) is 1. The fraction of sp³-hybridized carbons (Fsp3) is 0.419. The minimum Gasteiger partial charge on any atom is -0.354 e. The minimum atomic E-state index is -0.0968. The maximum absolute atomic E-state index is 13.6. The molecule has 0 N–H and O–H groups in total. The second-order valence-electron chi connectivity index (χ2n) is 10.1. The highest BCUT2D eigenvalue weighted by molar-refractivity contribution is 5.91. The lowest BCUT2D eigenvalue weighted by molar-refractivity contribution is -0.132. The fourth-order valence-corrected chi connectivity index (χ4v) is 5.44. The van der Waals surface area contributed by atoms with Gasteiger partial charge < -0.3 is 9.80 Å². The van der Waals surface area contributed by atoms with Gasteiger partial charge in [0.1, 0.15) is 11.6 Å². The average Bonchev–Trinajstić information content (AvgIpc) is 3.12. The minimum absolute atomic E-state index is 0.0968. The van der Waals surface area contributed by atoms with Gasteiger partial charge in [0.05, 0.1) is 22.7 Å². The maximum Gasteiger partial charge on any atom is 0.230 e. The largest absolute Gasteiger partial charge is 0.354 e. The topological polar surface area (TPSA) is 67.2 Å². The summed E-state index contributed by atoms with van der Waals surface area (Å²) in [4.78, 5) is 28.1. The SMILES string of the molecule is CCCCc1nc(N2CCCN(C(=O)C(CC)c3ccccc3)CC2)c2c(C)nn(-c3ccccc3)c2n1. The first-order chi connectivity index (χ1) is 18.6. The van der Waals surface area contributed by atoms with E-state index in [1.165, 1.54) is 0 Å². The standard InChI is InChI=1S/C31H38N6O/c1-4-6-18-27-32-29(28-23(3)34-37(30(28)33-27)25-16-11-8-12-17-25)35-19-13-20-36(22-21-35)31(38)26(5-2)24-14-9-7-10-15-24/h7-12,14-17,26H,4-6,13,18-22H2,1-3H3. The number of hydrogen-bond acceptors (Lipinski definition) is 5. The van der Waals surface area contributed by atoms with Crippen molar-refractivity contribution in [3.63, 3.8) is 0 Å². The third kappa shape index (κ3) is 5.28. The summed E-state index contributed by atoms with van der Waals surface area (Å²) in [6.45, 7) is 9.37. The van der Waals surface area contributed by atoms with Gasteiger partial charge in [-0.3, -0.25) is 4.79 Å². The summed E-state index contributed by atoms with van der Waals surface area (Å²) in [5.74, 6) is 1.94. The first-order valence-electron chi connectivity index (χ1n) is 14.0. The normalized spacial score (nSPS) is 15.0. The van der Waals surface area contributed by atoms with Crippen LogP contribution in [0.15, 0.2) is 60.7 Å². The van der Waals surface area contributed by atoms with Gasteiger partial charge in [-0.25, -0.2) is 14.6 Å². The van der Waals surface area contributed by atoms with E-state index in [2.05, 4.69) is 47.9 Å². The van der Waals surface area contributed by atoms with Crippen LogP contribution in [0.2, 0.25) is 0 Å². The van der Waals surface area contributed by atoms with Crippen LogP contribution in [0.1, 0.15) is 62.5 Å². The van der Waals surface area contributed by atoms with Crippen molar-refractivity contribution in [3.8, 4) is 5.69 Å². The predicted octanol–water partition coefficient (Wildman–Crippen LogP) is 5.70. The molecule has 1 aliphatic rings. The van der Waals surface area contributed by atoms with Crippen LogP contribution in [0.5, 0.6) is 0 Å². The molecule has 1 fully saturated rings. The lowest BCUT2D eigenvalue weighted by Gasteiger charge is -2.26. The van der Waals surface area contributed by atoms with Crippen molar-refractivity contribution in [2.75, 3.05) is 31.1 Å². The van der Waals surface area contributed by atoms with Crippen LogP contribution in [-0.4, -0.2) is 56.7 Å². The molecular weight excluding hydrogens is 472 g/mol. The molecule has 1 amide bonds. The number of anilines is 1. The summed E-state index contributed by atoms with van der Waals surface area (Å²) in [5.41, 5.74) is 3.88. The highest BCUT2D eigenvalue weighted by atomic mass is 16.2. The molecule has 1 aliphatic heterocycles. The van der Waals surface area contributed by atoms with E-state index in [0.717, 1.165) is 91.4 Å². The molecule has 4 aromatic rings. The predicted molar refractivity (Wildman–Crippen MR) is 153 cm³/mol. The first kappa shape index (κ1) is 25.9. The Bertz CT molecular complexity index is 1370. The Labute approximate surface area is 225 Å². The van der Waals surface area contributed by atoms with Crippen molar-refractivity contribution in [3.05, 3.63) is 77.7 Å². The molecule has 1 atom stereocenters. The number of benzene rings is 2. The van der Waals surface area contributed by atoms with Crippen molar-refractivity contribution in [1.82, 2.24) is 24.6 Å². The summed E-state index contributed by atoms with van der Waals surface area (Å²) in [6, 6.07) is 20.4. The van der Waals surface area contributed by atoms with Gasteiger partial charge in [-0.2, -0.15) is 5.10 Å². The van der Waals surface area contributed by atoms with Crippen molar-refractivity contribution in [1.29, 1.82) is 0 Å². The molecule has 2 aromatic heterocycles. The number of carbonyl (C=O) groups excluding carboxylic acids is 1. The van der Waals surface area contributed by atoms with Gasteiger partial charge >= 0.3 is 0 Å². The maximum atomic E-state index is 13.6. The number of fused-ring (bicyclic) bond motifs is 1. The zero-order valence-electron chi connectivity index (χ0n) is 22.8. The lowest BCUT2D eigenvalue weighted by atomic mass is 9.95. The van der Waals surface area contributed by atoms with Gasteiger partial charge in [0.15, 0.2) is 5.65 Å². The van der Waals surface area contributed by atoms with Crippen LogP contribution in [0, 0.1) is 6.92 Å². The van der Waals surface area contributed by atoms with Crippen molar-refractivity contribution in [2.24, 2.45) is 0 Å². The molecule has 38 heavy (non-hydrogen) atoms. The van der Waals surface area contributed by atoms with Crippen LogP contribution < -0.4 is 4.90 Å². The summed E-state index contributed by atoms with van der Waals surface area (Å²) in [6.07, 6.45) is 4.68. The Hall–Kier alpha value is -3.74. The Kier molecular flexibility index (Phi) is 8.01. The van der Waals surface area contributed by atoms with Gasteiger partial charge in [0.25, 0.3) is 0 Å². The van der Waals surface area contributed by atoms with E-state index in [9.17, 15) is 4.79 Å². The number of hydrogen-bond donors (Lipinski definition) is 0. The molecule has 0 spiro atoms. The third-order valence-corrected chi connectivity index (χ3v) is 7.50. The van der Waals surface area contributed by atoms with Gasteiger partial charge in [-0.1, -0.05) is 68.8 Å². The second kappa shape index (κ2) is 11.8. The molecular formula is C31H38N6O.